The Bertz CT molecular complexity index is 487. The molecule has 3 N–H and O–H groups in total. The Kier molecular flexibility index (Phi) is 4.65. The largest absolute Gasteiger partial charge is 0.399 e. The second kappa shape index (κ2) is 6.27. The van der Waals surface area contributed by atoms with Gasteiger partial charge in [-0.15, -0.1) is 0 Å². The average Bonchev–Trinajstić information content (AvgIpc) is 2.42. The highest BCUT2D eigenvalue weighted by Crippen LogP contribution is 2.21. The molecule has 0 bridgehead atoms. The number of rotatable bonds is 3. The third kappa shape index (κ3) is 3.51. The van der Waals surface area contributed by atoms with Gasteiger partial charge in [0.15, 0.2) is 0 Å². The number of likely N-dealkylation sites (tertiary alicyclic amines) is 1. The van der Waals surface area contributed by atoms with Crippen molar-refractivity contribution in [2.45, 2.75) is 39.7 Å². The molecule has 2 unspecified atom stereocenters. The van der Waals surface area contributed by atoms with E-state index in [1.165, 1.54) is 12.8 Å². The molecule has 20 heavy (non-hydrogen) atoms. The quantitative estimate of drug-likeness (QED) is 0.834. The molecule has 2 atom stereocenters. The Morgan fingerprint density at radius 2 is 2.25 bits per heavy atom. The summed E-state index contributed by atoms with van der Waals surface area (Å²) in [5, 5.41) is 3.00. The molecule has 0 aromatic heterocycles. The highest BCUT2D eigenvalue weighted by atomic mass is 16.2. The normalized spacial score (nSPS) is 21.4. The molecule has 110 valence electrons. The van der Waals surface area contributed by atoms with Crippen molar-refractivity contribution in [1.82, 2.24) is 4.90 Å². The number of hydrogen-bond acceptors (Lipinski definition) is 3. The summed E-state index contributed by atoms with van der Waals surface area (Å²) in [5.74, 6) is 0.723. The maximum Gasteiger partial charge on any atom is 0.241 e. The van der Waals surface area contributed by atoms with Crippen molar-refractivity contribution >= 4 is 17.3 Å². The van der Waals surface area contributed by atoms with Gasteiger partial charge in [-0.05, 0) is 56.8 Å². The standard InChI is InChI=1S/C16H25N3O/c1-11-5-4-8-19(10-11)13(3)16(20)18-15-9-14(17)7-6-12(15)2/h6-7,9,11,13H,4-5,8,10,17H2,1-3H3,(H,18,20). The maximum absolute atomic E-state index is 12.4. The van der Waals surface area contributed by atoms with E-state index in [1.54, 1.807) is 0 Å². The molecule has 1 aromatic carbocycles. The Morgan fingerprint density at radius 1 is 1.50 bits per heavy atom. The fourth-order valence-corrected chi connectivity index (χ4v) is 2.75. The van der Waals surface area contributed by atoms with Crippen molar-refractivity contribution in [3.63, 3.8) is 0 Å². The van der Waals surface area contributed by atoms with Gasteiger partial charge in [0.05, 0.1) is 6.04 Å². The summed E-state index contributed by atoms with van der Waals surface area (Å²) >= 11 is 0. The van der Waals surface area contributed by atoms with Crippen LogP contribution >= 0.6 is 0 Å². The molecule has 1 aliphatic heterocycles. The van der Waals surface area contributed by atoms with Crippen LogP contribution < -0.4 is 11.1 Å². The molecule has 0 spiro atoms. The first kappa shape index (κ1) is 14.9. The van der Waals surface area contributed by atoms with Gasteiger partial charge in [-0.3, -0.25) is 9.69 Å². The summed E-state index contributed by atoms with van der Waals surface area (Å²) in [6.07, 6.45) is 2.44. The number of nitrogens with zero attached hydrogens (tertiary/aromatic N) is 1. The first-order valence-corrected chi connectivity index (χ1v) is 7.38. The highest BCUT2D eigenvalue weighted by molar-refractivity contribution is 5.95. The van der Waals surface area contributed by atoms with E-state index in [-0.39, 0.29) is 11.9 Å². The third-order valence-corrected chi connectivity index (χ3v) is 4.14. The smallest absolute Gasteiger partial charge is 0.241 e. The van der Waals surface area contributed by atoms with Crippen LogP contribution in [0.1, 0.15) is 32.3 Å². The van der Waals surface area contributed by atoms with Crippen LogP contribution in [0.15, 0.2) is 18.2 Å². The van der Waals surface area contributed by atoms with Crippen LogP contribution in [0, 0.1) is 12.8 Å². The van der Waals surface area contributed by atoms with Crippen molar-refractivity contribution < 1.29 is 4.79 Å². The summed E-state index contributed by atoms with van der Waals surface area (Å²) in [6, 6.07) is 5.50. The Balaban J connectivity index is 2.02. The lowest BCUT2D eigenvalue weighted by Crippen LogP contribution is -2.46. The number of nitrogens with one attached hydrogen (secondary N) is 1. The van der Waals surface area contributed by atoms with E-state index in [0.717, 1.165) is 24.3 Å². The van der Waals surface area contributed by atoms with Crippen LogP contribution in [-0.4, -0.2) is 29.9 Å². The monoisotopic (exact) mass is 275 g/mol. The van der Waals surface area contributed by atoms with Crippen LogP contribution in [0.3, 0.4) is 0 Å². The molecule has 1 heterocycles. The molecule has 1 aliphatic rings. The predicted octanol–water partition coefficient (Wildman–Crippen LogP) is 2.64. The van der Waals surface area contributed by atoms with Crippen molar-refractivity contribution in [2.75, 3.05) is 24.1 Å². The molecule has 1 saturated heterocycles. The lowest BCUT2D eigenvalue weighted by Gasteiger charge is -2.34. The molecule has 4 nitrogen and oxygen atoms in total. The lowest BCUT2D eigenvalue weighted by molar-refractivity contribution is -0.121. The minimum atomic E-state index is -0.0985. The molecule has 0 aliphatic carbocycles. The van der Waals surface area contributed by atoms with Gasteiger partial charge < -0.3 is 11.1 Å². The predicted molar refractivity (Wildman–Crippen MR) is 83.7 cm³/mol. The summed E-state index contributed by atoms with van der Waals surface area (Å²) < 4.78 is 0. The molecule has 1 fully saturated rings. The second-order valence-corrected chi connectivity index (χ2v) is 5.98. The summed E-state index contributed by atoms with van der Waals surface area (Å²) in [4.78, 5) is 14.7. The van der Waals surface area contributed by atoms with E-state index in [2.05, 4.69) is 17.1 Å². The fourth-order valence-electron chi connectivity index (χ4n) is 2.75. The number of benzene rings is 1. The van der Waals surface area contributed by atoms with E-state index >= 15 is 0 Å². The number of hydrogen-bond donors (Lipinski definition) is 2. The molecular weight excluding hydrogens is 250 g/mol. The number of amides is 1. The number of aryl methyl sites for hydroxylation is 1. The van der Waals surface area contributed by atoms with E-state index in [4.69, 9.17) is 5.73 Å². The fraction of sp³-hybridized carbons (Fsp3) is 0.562. The summed E-state index contributed by atoms with van der Waals surface area (Å²) in [7, 11) is 0. The Morgan fingerprint density at radius 3 is 2.95 bits per heavy atom. The average molecular weight is 275 g/mol. The van der Waals surface area contributed by atoms with Gasteiger partial charge in [0.2, 0.25) is 5.91 Å². The van der Waals surface area contributed by atoms with Crippen molar-refractivity contribution in [3.8, 4) is 0 Å². The topological polar surface area (TPSA) is 58.4 Å². The van der Waals surface area contributed by atoms with Gasteiger partial charge in [-0.1, -0.05) is 13.0 Å². The number of carbonyl (C=O) groups excluding carboxylic acids is 1. The minimum Gasteiger partial charge on any atom is -0.399 e. The Hall–Kier alpha value is -1.55. The number of nitrogens with two attached hydrogens (primary N) is 1. The SMILES string of the molecule is Cc1ccc(N)cc1NC(=O)C(C)N1CCCC(C)C1. The zero-order valence-electron chi connectivity index (χ0n) is 12.6. The van der Waals surface area contributed by atoms with Gasteiger partial charge in [-0.25, -0.2) is 0 Å². The second-order valence-electron chi connectivity index (χ2n) is 5.98. The van der Waals surface area contributed by atoms with Gasteiger partial charge in [0, 0.05) is 17.9 Å². The van der Waals surface area contributed by atoms with E-state index < -0.39 is 0 Å². The summed E-state index contributed by atoms with van der Waals surface area (Å²) in [5.41, 5.74) is 8.30. The molecule has 2 rings (SSSR count). The van der Waals surface area contributed by atoms with Crippen LogP contribution in [0.4, 0.5) is 11.4 Å². The molecule has 1 amide bonds. The number of anilines is 2. The van der Waals surface area contributed by atoms with Crippen LogP contribution in [0.25, 0.3) is 0 Å². The lowest BCUT2D eigenvalue weighted by atomic mass is 9.99. The zero-order chi connectivity index (χ0) is 14.7. The molecule has 4 heteroatoms. The highest BCUT2D eigenvalue weighted by Gasteiger charge is 2.25. The van der Waals surface area contributed by atoms with Gasteiger partial charge >= 0.3 is 0 Å². The van der Waals surface area contributed by atoms with Crippen LogP contribution in [0.5, 0.6) is 0 Å². The van der Waals surface area contributed by atoms with E-state index in [0.29, 0.717) is 11.6 Å². The Labute approximate surface area is 121 Å². The number of nitrogen functional groups attached to an aromatic ring is 1. The summed E-state index contributed by atoms with van der Waals surface area (Å²) in [6.45, 7) is 8.22. The van der Waals surface area contributed by atoms with Crippen LogP contribution in [0.2, 0.25) is 0 Å². The van der Waals surface area contributed by atoms with E-state index in [1.807, 2.05) is 32.0 Å². The van der Waals surface area contributed by atoms with Gasteiger partial charge in [0.25, 0.3) is 0 Å². The molecule has 1 aromatic rings. The number of carbonyl (C=O) groups is 1. The van der Waals surface area contributed by atoms with Gasteiger partial charge in [0.1, 0.15) is 0 Å². The maximum atomic E-state index is 12.4. The van der Waals surface area contributed by atoms with Crippen molar-refractivity contribution in [1.29, 1.82) is 0 Å². The van der Waals surface area contributed by atoms with Gasteiger partial charge in [-0.2, -0.15) is 0 Å². The molecule has 0 saturated carbocycles. The first-order chi connectivity index (χ1) is 9.47. The third-order valence-electron chi connectivity index (χ3n) is 4.14. The molecular formula is C16H25N3O. The molecule has 0 radical (unpaired) electrons. The first-order valence-electron chi connectivity index (χ1n) is 7.38. The van der Waals surface area contributed by atoms with Crippen molar-refractivity contribution in [2.24, 2.45) is 5.92 Å². The minimum absolute atomic E-state index is 0.0489. The zero-order valence-corrected chi connectivity index (χ0v) is 12.6. The van der Waals surface area contributed by atoms with Crippen molar-refractivity contribution in [3.05, 3.63) is 23.8 Å². The van der Waals surface area contributed by atoms with E-state index in [9.17, 15) is 4.79 Å². The number of piperidine rings is 1. The van der Waals surface area contributed by atoms with Crippen LogP contribution in [-0.2, 0) is 4.79 Å².